The minimum absolute atomic E-state index is 0.244. The van der Waals surface area contributed by atoms with Gasteiger partial charge in [-0.2, -0.15) is 0 Å². The third-order valence-corrected chi connectivity index (χ3v) is 6.47. The van der Waals surface area contributed by atoms with Gasteiger partial charge in [-0.3, -0.25) is 14.7 Å². The van der Waals surface area contributed by atoms with Crippen molar-refractivity contribution in [3.63, 3.8) is 0 Å². The number of carbonyl (C=O) groups excluding carboxylic acids is 1. The van der Waals surface area contributed by atoms with Crippen molar-refractivity contribution in [2.45, 2.75) is 32.7 Å². The minimum atomic E-state index is 0.244. The van der Waals surface area contributed by atoms with Crippen LogP contribution in [0.5, 0.6) is 0 Å². The summed E-state index contributed by atoms with van der Waals surface area (Å²) in [6, 6.07) is 4.10. The lowest BCUT2D eigenvalue weighted by molar-refractivity contribution is 0.0627. The van der Waals surface area contributed by atoms with E-state index < -0.39 is 0 Å². The summed E-state index contributed by atoms with van der Waals surface area (Å²) in [5, 5.41) is 2.10. The monoisotopic (exact) mass is 355 g/mol. The van der Waals surface area contributed by atoms with E-state index in [0.717, 1.165) is 57.0 Å². The van der Waals surface area contributed by atoms with E-state index >= 15 is 0 Å². The minimum Gasteiger partial charge on any atom is -0.336 e. The Balaban J connectivity index is 1.37. The standard InChI is InChI=1S/C20H25N3OS/c1-15-4-5-17-18(14-25-19(17)11-15)20(24)23-9-7-22(8-10-23)13-16-3-2-6-21-12-16/h2-3,6,12,14-15H,4-5,7-11,13H2,1H3. The number of pyridine rings is 1. The van der Waals surface area contributed by atoms with Crippen LogP contribution in [0, 0.1) is 5.92 Å². The topological polar surface area (TPSA) is 36.4 Å². The lowest BCUT2D eigenvalue weighted by Gasteiger charge is -2.35. The second kappa shape index (κ2) is 7.26. The summed E-state index contributed by atoms with van der Waals surface area (Å²) in [6.07, 6.45) is 7.16. The first-order valence-corrected chi connectivity index (χ1v) is 10.1. The fraction of sp³-hybridized carbons (Fsp3) is 0.500. The van der Waals surface area contributed by atoms with Crippen LogP contribution in [0.15, 0.2) is 29.9 Å². The number of carbonyl (C=O) groups is 1. The van der Waals surface area contributed by atoms with Crippen LogP contribution in [0.1, 0.15) is 39.7 Å². The predicted molar refractivity (Wildman–Crippen MR) is 101 cm³/mol. The fourth-order valence-electron chi connectivity index (χ4n) is 3.89. The Morgan fingerprint density at radius 3 is 2.92 bits per heavy atom. The van der Waals surface area contributed by atoms with Crippen molar-refractivity contribution in [3.05, 3.63) is 51.5 Å². The lowest BCUT2D eigenvalue weighted by Crippen LogP contribution is -2.48. The van der Waals surface area contributed by atoms with Crippen LogP contribution in [0.3, 0.4) is 0 Å². The molecule has 1 saturated heterocycles. The second-order valence-corrected chi connectivity index (χ2v) is 8.29. The van der Waals surface area contributed by atoms with Gasteiger partial charge >= 0.3 is 0 Å². The van der Waals surface area contributed by atoms with Crippen molar-refractivity contribution < 1.29 is 4.79 Å². The average molecular weight is 356 g/mol. The Morgan fingerprint density at radius 2 is 2.16 bits per heavy atom. The van der Waals surface area contributed by atoms with E-state index in [1.807, 2.05) is 23.4 Å². The molecule has 0 saturated carbocycles. The van der Waals surface area contributed by atoms with Gasteiger partial charge in [-0.25, -0.2) is 0 Å². The highest BCUT2D eigenvalue weighted by Gasteiger charge is 2.28. The van der Waals surface area contributed by atoms with Crippen LogP contribution in [-0.4, -0.2) is 46.9 Å². The number of nitrogens with zero attached hydrogens (tertiary/aromatic N) is 3. The summed E-state index contributed by atoms with van der Waals surface area (Å²) in [7, 11) is 0. The molecule has 1 fully saturated rings. The van der Waals surface area contributed by atoms with E-state index in [9.17, 15) is 4.79 Å². The number of amides is 1. The van der Waals surface area contributed by atoms with E-state index in [-0.39, 0.29) is 5.91 Å². The van der Waals surface area contributed by atoms with Crippen molar-refractivity contribution >= 4 is 17.2 Å². The second-order valence-electron chi connectivity index (χ2n) is 7.33. The Bertz CT molecular complexity index is 735. The maximum absolute atomic E-state index is 13.0. The van der Waals surface area contributed by atoms with Crippen molar-refractivity contribution in [1.29, 1.82) is 0 Å². The van der Waals surface area contributed by atoms with Gasteiger partial charge in [0.15, 0.2) is 0 Å². The number of thiophene rings is 1. The number of hydrogen-bond acceptors (Lipinski definition) is 4. The predicted octanol–water partition coefficient (Wildman–Crippen LogP) is 3.23. The van der Waals surface area contributed by atoms with Gasteiger partial charge in [-0.1, -0.05) is 13.0 Å². The van der Waals surface area contributed by atoms with Crippen LogP contribution in [0.25, 0.3) is 0 Å². The van der Waals surface area contributed by atoms with Crippen LogP contribution in [0.4, 0.5) is 0 Å². The van der Waals surface area contributed by atoms with Crippen LogP contribution >= 0.6 is 11.3 Å². The Labute approximate surface area is 153 Å². The zero-order chi connectivity index (χ0) is 17.2. The average Bonchev–Trinajstić information content (AvgIpc) is 3.05. The number of fused-ring (bicyclic) bond motifs is 1. The molecule has 4 rings (SSSR count). The highest BCUT2D eigenvalue weighted by Crippen LogP contribution is 2.33. The molecule has 2 aromatic heterocycles. The van der Waals surface area contributed by atoms with Gasteiger partial charge in [0.1, 0.15) is 0 Å². The molecule has 0 aromatic carbocycles. The van der Waals surface area contributed by atoms with Crippen molar-refractivity contribution in [2.75, 3.05) is 26.2 Å². The van der Waals surface area contributed by atoms with Gasteiger partial charge < -0.3 is 4.90 Å². The van der Waals surface area contributed by atoms with Gasteiger partial charge in [0.2, 0.25) is 0 Å². The van der Waals surface area contributed by atoms with Crippen molar-refractivity contribution in [3.8, 4) is 0 Å². The van der Waals surface area contributed by atoms with Crippen molar-refractivity contribution in [1.82, 2.24) is 14.8 Å². The summed E-state index contributed by atoms with van der Waals surface area (Å²) < 4.78 is 0. The summed E-state index contributed by atoms with van der Waals surface area (Å²) in [4.78, 5) is 23.1. The molecule has 25 heavy (non-hydrogen) atoms. The first-order chi connectivity index (χ1) is 12.2. The first-order valence-electron chi connectivity index (χ1n) is 9.20. The van der Waals surface area contributed by atoms with E-state index in [2.05, 4.69) is 28.3 Å². The Morgan fingerprint density at radius 1 is 1.32 bits per heavy atom. The molecular formula is C20H25N3OS. The van der Waals surface area contributed by atoms with Crippen LogP contribution < -0.4 is 0 Å². The molecule has 2 aliphatic rings. The van der Waals surface area contributed by atoms with Gasteiger partial charge in [0.05, 0.1) is 5.56 Å². The van der Waals surface area contributed by atoms with Gasteiger partial charge in [0, 0.05) is 55.4 Å². The molecule has 1 unspecified atom stereocenters. The van der Waals surface area contributed by atoms with E-state index in [0.29, 0.717) is 0 Å². The summed E-state index contributed by atoms with van der Waals surface area (Å²) >= 11 is 1.79. The smallest absolute Gasteiger partial charge is 0.255 e. The molecule has 0 N–H and O–H groups in total. The zero-order valence-corrected chi connectivity index (χ0v) is 15.6. The highest BCUT2D eigenvalue weighted by molar-refractivity contribution is 7.10. The number of piperazine rings is 1. The molecule has 1 aliphatic heterocycles. The fourth-order valence-corrected chi connectivity index (χ4v) is 5.12. The molecule has 5 heteroatoms. The molecule has 0 spiro atoms. The van der Waals surface area contributed by atoms with Gasteiger partial charge in [0.25, 0.3) is 5.91 Å². The molecule has 1 amide bonds. The largest absolute Gasteiger partial charge is 0.336 e. The Hall–Kier alpha value is -1.72. The summed E-state index contributed by atoms with van der Waals surface area (Å²) in [6.45, 7) is 6.74. The molecule has 1 atom stereocenters. The molecule has 3 heterocycles. The molecule has 2 aromatic rings. The van der Waals surface area contributed by atoms with Gasteiger partial charge in [-0.05, 0) is 42.4 Å². The molecule has 4 nitrogen and oxygen atoms in total. The van der Waals surface area contributed by atoms with Crippen molar-refractivity contribution in [2.24, 2.45) is 5.92 Å². The Kier molecular flexibility index (Phi) is 4.86. The third-order valence-electron chi connectivity index (χ3n) is 5.42. The quantitative estimate of drug-likeness (QED) is 0.848. The summed E-state index contributed by atoms with van der Waals surface area (Å²) in [5.74, 6) is 0.998. The third kappa shape index (κ3) is 3.62. The van der Waals surface area contributed by atoms with Crippen LogP contribution in [0.2, 0.25) is 0 Å². The molecule has 0 radical (unpaired) electrons. The zero-order valence-electron chi connectivity index (χ0n) is 14.8. The van der Waals surface area contributed by atoms with Crippen LogP contribution in [-0.2, 0) is 19.4 Å². The maximum atomic E-state index is 13.0. The number of hydrogen-bond donors (Lipinski definition) is 0. The number of rotatable bonds is 3. The number of aromatic nitrogens is 1. The molecular weight excluding hydrogens is 330 g/mol. The van der Waals surface area contributed by atoms with Gasteiger partial charge in [-0.15, -0.1) is 11.3 Å². The molecule has 132 valence electrons. The van der Waals surface area contributed by atoms with E-state index in [4.69, 9.17) is 0 Å². The SMILES string of the molecule is CC1CCc2c(C(=O)N3CCN(Cc4cccnc4)CC3)csc2C1. The summed E-state index contributed by atoms with van der Waals surface area (Å²) in [5.41, 5.74) is 3.56. The highest BCUT2D eigenvalue weighted by atomic mass is 32.1. The van der Waals surface area contributed by atoms with E-state index in [1.54, 1.807) is 11.3 Å². The first kappa shape index (κ1) is 16.7. The normalized spacial score (nSPS) is 21.2. The molecule has 1 aliphatic carbocycles. The maximum Gasteiger partial charge on any atom is 0.255 e. The molecule has 0 bridgehead atoms. The lowest BCUT2D eigenvalue weighted by atomic mass is 9.88. The van der Waals surface area contributed by atoms with E-state index in [1.165, 1.54) is 22.4 Å².